The van der Waals surface area contributed by atoms with Crippen LogP contribution in [0.25, 0.3) is 10.8 Å². The molecule has 5 aromatic carbocycles. The van der Waals surface area contributed by atoms with Crippen LogP contribution in [0.5, 0.6) is 11.5 Å². The third-order valence-corrected chi connectivity index (χ3v) is 8.25. The van der Waals surface area contributed by atoms with E-state index in [0.29, 0.717) is 22.3 Å². The SMILES string of the molecule is COc1cc(N=Nc2cccc(S(=O)(=O)O)c2)c(C)cc1N=Nc1c(S(=O)(=O)O)cc2cc(Nc3ccccc3)ccc2c1O.[Li+].[Li+]. The molecule has 0 bridgehead atoms. The molecule has 0 spiro atoms. The molecule has 230 valence electrons. The zero-order chi connectivity index (χ0) is 32.4. The van der Waals surface area contributed by atoms with Crippen molar-refractivity contribution in [2.24, 2.45) is 20.5 Å². The van der Waals surface area contributed by atoms with Gasteiger partial charge >= 0.3 is 37.7 Å². The van der Waals surface area contributed by atoms with E-state index in [9.17, 15) is 31.0 Å². The summed E-state index contributed by atoms with van der Waals surface area (Å²) in [6.45, 7) is 1.68. The van der Waals surface area contributed by atoms with Gasteiger partial charge in [0.25, 0.3) is 20.2 Å². The second-order valence-corrected chi connectivity index (χ2v) is 12.5. The largest absolute Gasteiger partial charge is 1.00 e. The fourth-order valence-corrected chi connectivity index (χ4v) is 5.52. The number of aromatic hydroxyl groups is 1. The molecule has 0 amide bonds. The van der Waals surface area contributed by atoms with Crippen LogP contribution in [0.1, 0.15) is 5.56 Å². The fraction of sp³-hybridized carbons (Fsp3) is 0.0667. The number of aryl methyl sites for hydroxylation is 1. The van der Waals surface area contributed by atoms with Gasteiger partial charge in [-0.3, -0.25) is 9.11 Å². The first-order chi connectivity index (χ1) is 21.3. The molecule has 0 unspecified atom stereocenters. The van der Waals surface area contributed by atoms with Crippen LogP contribution in [0.3, 0.4) is 0 Å². The van der Waals surface area contributed by atoms with Gasteiger partial charge < -0.3 is 15.2 Å². The predicted octanol–water partition coefficient (Wildman–Crippen LogP) is 1.94. The van der Waals surface area contributed by atoms with Crippen molar-refractivity contribution < 1.29 is 73.5 Å². The van der Waals surface area contributed by atoms with Crippen LogP contribution >= 0.6 is 0 Å². The Morgan fingerprint density at radius 3 is 2.06 bits per heavy atom. The van der Waals surface area contributed by atoms with Crippen molar-refractivity contribution in [3.8, 4) is 11.5 Å². The summed E-state index contributed by atoms with van der Waals surface area (Å²) in [7, 11) is -7.91. The average molecular weight is 662 g/mol. The Bertz CT molecular complexity index is 2220. The van der Waals surface area contributed by atoms with Gasteiger partial charge in [0.15, 0.2) is 5.75 Å². The quantitative estimate of drug-likeness (QED) is 0.104. The number of anilines is 2. The molecule has 17 heteroatoms. The number of nitrogens with one attached hydrogen (secondary N) is 1. The minimum atomic E-state index is -4.85. The molecule has 47 heavy (non-hydrogen) atoms. The number of phenols is 1. The number of nitrogens with zero attached hydrogens (tertiary/aromatic N) is 4. The van der Waals surface area contributed by atoms with Crippen molar-refractivity contribution in [1.82, 2.24) is 0 Å². The van der Waals surface area contributed by atoms with Crippen LogP contribution in [-0.4, -0.2) is 38.2 Å². The number of ether oxygens (including phenoxy) is 1. The van der Waals surface area contributed by atoms with Crippen molar-refractivity contribution in [2.45, 2.75) is 16.7 Å². The van der Waals surface area contributed by atoms with Gasteiger partial charge in [-0.1, -0.05) is 24.3 Å². The number of azo groups is 2. The van der Waals surface area contributed by atoms with Crippen LogP contribution in [0.2, 0.25) is 0 Å². The number of fused-ring (bicyclic) bond motifs is 1. The van der Waals surface area contributed by atoms with Crippen molar-refractivity contribution in [2.75, 3.05) is 12.4 Å². The predicted molar refractivity (Wildman–Crippen MR) is 167 cm³/mol. The Morgan fingerprint density at radius 1 is 0.702 bits per heavy atom. The molecule has 0 aromatic heterocycles. The number of phenolic OH excluding ortho intramolecular Hbond substituents is 1. The average Bonchev–Trinajstić information content (AvgIpc) is 2.99. The molecule has 0 aliphatic rings. The maximum atomic E-state index is 12.4. The first kappa shape index (κ1) is 37.4. The van der Waals surface area contributed by atoms with Crippen molar-refractivity contribution in [3.63, 3.8) is 0 Å². The van der Waals surface area contributed by atoms with Crippen molar-refractivity contribution >= 4 is 65.1 Å². The number of para-hydroxylation sites is 1. The van der Waals surface area contributed by atoms with Crippen molar-refractivity contribution in [1.29, 1.82) is 0 Å². The van der Waals surface area contributed by atoms with Gasteiger partial charge in [0.2, 0.25) is 0 Å². The first-order valence-electron chi connectivity index (χ1n) is 13.0. The molecule has 0 fully saturated rings. The summed E-state index contributed by atoms with van der Waals surface area (Å²) < 4.78 is 72.2. The van der Waals surface area contributed by atoms with E-state index in [-0.39, 0.29) is 65.1 Å². The monoisotopic (exact) mass is 661 g/mol. The van der Waals surface area contributed by atoms with Gasteiger partial charge in [0, 0.05) is 22.8 Å². The van der Waals surface area contributed by atoms with E-state index < -0.39 is 36.6 Å². The second-order valence-electron chi connectivity index (χ2n) is 9.66. The molecule has 5 aromatic rings. The fourth-order valence-electron chi connectivity index (χ4n) is 4.34. The minimum absolute atomic E-state index is 0. The summed E-state index contributed by atoms with van der Waals surface area (Å²) in [4.78, 5) is -0.990. The Balaban J connectivity index is 0.00000300. The molecule has 0 saturated heterocycles. The number of methoxy groups -OCH3 is 1. The Kier molecular flexibility index (Phi) is 12.1. The standard InChI is InChI=1S/C30H25N5O8S2.2Li/c1-18-13-26(27(43-2)17-25(18)33-32-22-9-6-10-23(16-22)44(37,38)39)34-35-29-28(45(40,41)42)15-19-14-21(11-12-24(19)30(29)36)31-20-7-4-3-5-8-20;;/h3-17,31,36H,1-2H3,(H,37,38,39)(H,40,41,42);;/q;2*+1. The Morgan fingerprint density at radius 2 is 1.40 bits per heavy atom. The molecular formula is C30H25Li2N5O8S2+2. The van der Waals surface area contributed by atoms with E-state index in [1.54, 1.807) is 25.1 Å². The topological polar surface area (TPSA) is 200 Å². The third-order valence-electron chi connectivity index (χ3n) is 6.54. The van der Waals surface area contributed by atoms with Gasteiger partial charge in [-0.25, -0.2) is 0 Å². The number of benzene rings is 5. The third kappa shape index (κ3) is 8.87. The maximum Gasteiger partial charge on any atom is 1.00 e. The molecule has 0 saturated carbocycles. The summed E-state index contributed by atoms with van der Waals surface area (Å²) in [6, 6.07) is 23.6. The van der Waals surface area contributed by atoms with Gasteiger partial charge in [-0.15, -0.1) is 10.2 Å². The van der Waals surface area contributed by atoms with Crippen LogP contribution in [-0.2, 0) is 20.2 Å². The van der Waals surface area contributed by atoms with E-state index in [1.165, 1.54) is 43.5 Å². The van der Waals surface area contributed by atoms with E-state index in [0.717, 1.165) is 11.8 Å². The first-order valence-corrected chi connectivity index (χ1v) is 15.9. The van der Waals surface area contributed by atoms with Crippen LogP contribution in [0, 0.1) is 6.92 Å². The molecule has 0 atom stereocenters. The minimum Gasteiger partial charge on any atom is -0.505 e. The van der Waals surface area contributed by atoms with E-state index in [4.69, 9.17) is 4.74 Å². The molecule has 0 aliphatic heterocycles. The molecule has 4 N–H and O–H groups in total. The smallest absolute Gasteiger partial charge is 0.505 e. The van der Waals surface area contributed by atoms with E-state index in [1.807, 2.05) is 30.3 Å². The number of hydrogen-bond donors (Lipinski definition) is 4. The summed E-state index contributed by atoms with van der Waals surface area (Å²) in [5.41, 5.74) is 2.11. The van der Waals surface area contributed by atoms with Crippen molar-refractivity contribution in [3.05, 3.63) is 96.6 Å². The number of rotatable bonds is 9. The second kappa shape index (κ2) is 15.3. The molecule has 5 rings (SSSR count). The molecular weight excluding hydrogens is 636 g/mol. The summed E-state index contributed by atoms with van der Waals surface area (Å²) >= 11 is 0. The van der Waals surface area contributed by atoms with Crippen LogP contribution in [0.4, 0.5) is 34.1 Å². The maximum absolute atomic E-state index is 12.4. The Labute approximate surface area is 294 Å². The number of hydrogen-bond acceptors (Lipinski definition) is 11. The normalized spacial score (nSPS) is 11.7. The van der Waals surface area contributed by atoms with Gasteiger partial charge in [0.05, 0.1) is 23.4 Å². The zero-order valence-corrected chi connectivity index (χ0v) is 27.3. The summed E-state index contributed by atoms with van der Waals surface area (Å²) in [5, 5.41) is 31.1. The van der Waals surface area contributed by atoms with Gasteiger partial charge in [-0.05, 0) is 78.5 Å². The zero-order valence-electron chi connectivity index (χ0n) is 25.6. The Hall–Kier alpha value is -4.03. The van der Waals surface area contributed by atoms with Crippen LogP contribution in [0.15, 0.2) is 121 Å². The molecule has 13 nitrogen and oxygen atoms in total. The molecule has 0 aliphatic carbocycles. The van der Waals surface area contributed by atoms with E-state index in [2.05, 4.69) is 25.8 Å². The van der Waals surface area contributed by atoms with Crippen LogP contribution < -0.4 is 47.8 Å². The molecule has 0 heterocycles. The van der Waals surface area contributed by atoms with E-state index >= 15 is 0 Å². The molecule has 0 radical (unpaired) electrons. The van der Waals surface area contributed by atoms with Gasteiger partial charge in [-0.2, -0.15) is 27.1 Å². The summed E-state index contributed by atoms with van der Waals surface area (Å²) in [5.74, 6) is -0.348. The van der Waals surface area contributed by atoms with Gasteiger partial charge in [0.1, 0.15) is 22.0 Å². The summed E-state index contributed by atoms with van der Waals surface area (Å²) in [6.07, 6.45) is 0.